The van der Waals surface area contributed by atoms with Crippen molar-refractivity contribution in [2.45, 2.75) is 51.0 Å². The minimum absolute atomic E-state index is 0.0206. The van der Waals surface area contributed by atoms with Gasteiger partial charge < -0.3 is 15.5 Å². The van der Waals surface area contributed by atoms with E-state index in [1.807, 2.05) is 24.8 Å². The first kappa shape index (κ1) is 19.6. The van der Waals surface area contributed by atoms with Gasteiger partial charge in [0.15, 0.2) is 5.96 Å². The SMILES string of the molecule is CN=C(NCC1(c2cccc(F)c2)CC1)NC1CCN(C(=O)C(C)C)CC1. The Balaban J connectivity index is 1.49. The zero-order valence-electron chi connectivity index (χ0n) is 16.6. The van der Waals surface area contributed by atoms with Crippen molar-refractivity contribution in [1.82, 2.24) is 15.5 Å². The quantitative estimate of drug-likeness (QED) is 0.615. The average Bonchev–Trinajstić information content (AvgIpc) is 3.46. The Hall–Kier alpha value is -2.11. The minimum Gasteiger partial charge on any atom is -0.356 e. The summed E-state index contributed by atoms with van der Waals surface area (Å²) in [6.07, 6.45) is 3.98. The summed E-state index contributed by atoms with van der Waals surface area (Å²) in [5, 5.41) is 6.91. The number of likely N-dealkylation sites (tertiary alicyclic amines) is 1. The number of piperidine rings is 1. The number of guanidine groups is 1. The maximum absolute atomic E-state index is 13.6. The van der Waals surface area contributed by atoms with Crippen molar-refractivity contribution >= 4 is 11.9 Å². The van der Waals surface area contributed by atoms with Crippen LogP contribution in [-0.4, -0.2) is 49.5 Å². The van der Waals surface area contributed by atoms with Crippen LogP contribution >= 0.6 is 0 Å². The van der Waals surface area contributed by atoms with Crippen molar-refractivity contribution in [3.8, 4) is 0 Å². The van der Waals surface area contributed by atoms with Gasteiger partial charge in [0.2, 0.25) is 5.91 Å². The molecule has 27 heavy (non-hydrogen) atoms. The fourth-order valence-corrected chi connectivity index (χ4v) is 3.79. The van der Waals surface area contributed by atoms with Crippen molar-refractivity contribution < 1.29 is 9.18 Å². The summed E-state index contributed by atoms with van der Waals surface area (Å²) in [4.78, 5) is 18.4. The van der Waals surface area contributed by atoms with E-state index in [2.05, 4.69) is 15.6 Å². The number of nitrogens with one attached hydrogen (secondary N) is 2. The second kappa shape index (κ2) is 8.28. The topological polar surface area (TPSA) is 56.7 Å². The number of benzene rings is 1. The molecule has 1 aliphatic carbocycles. The number of halogens is 1. The van der Waals surface area contributed by atoms with Crippen LogP contribution in [0.1, 0.15) is 45.1 Å². The predicted molar refractivity (Wildman–Crippen MR) is 106 cm³/mol. The summed E-state index contributed by atoms with van der Waals surface area (Å²) in [7, 11) is 1.77. The first-order chi connectivity index (χ1) is 12.9. The zero-order valence-corrected chi connectivity index (χ0v) is 16.6. The van der Waals surface area contributed by atoms with Crippen LogP contribution in [0.3, 0.4) is 0 Å². The van der Waals surface area contributed by atoms with Crippen LogP contribution in [0.2, 0.25) is 0 Å². The van der Waals surface area contributed by atoms with Gasteiger partial charge in [-0.15, -0.1) is 0 Å². The lowest BCUT2D eigenvalue weighted by Crippen LogP contribution is -2.51. The Labute approximate surface area is 161 Å². The van der Waals surface area contributed by atoms with E-state index in [9.17, 15) is 9.18 Å². The van der Waals surface area contributed by atoms with E-state index in [-0.39, 0.29) is 23.1 Å². The van der Waals surface area contributed by atoms with Crippen molar-refractivity contribution in [3.05, 3.63) is 35.6 Å². The number of hydrogen-bond acceptors (Lipinski definition) is 2. The van der Waals surface area contributed by atoms with E-state index >= 15 is 0 Å². The van der Waals surface area contributed by atoms with E-state index in [1.54, 1.807) is 19.2 Å². The van der Waals surface area contributed by atoms with Gasteiger partial charge in [-0.05, 0) is 43.4 Å². The number of hydrogen-bond donors (Lipinski definition) is 2. The van der Waals surface area contributed by atoms with Crippen LogP contribution < -0.4 is 10.6 Å². The highest BCUT2D eigenvalue weighted by atomic mass is 19.1. The van der Waals surface area contributed by atoms with E-state index in [0.717, 1.165) is 56.8 Å². The smallest absolute Gasteiger partial charge is 0.225 e. The lowest BCUT2D eigenvalue weighted by Gasteiger charge is -2.34. The lowest BCUT2D eigenvalue weighted by molar-refractivity contribution is -0.135. The molecule has 2 aliphatic rings. The van der Waals surface area contributed by atoms with Crippen LogP contribution in [0.15, 0.2) is 29.3 Å². The Bertz CT molecular complexity index is 691. The van der Waals surface area contributed by atoms with Gasteiger partial charge in [-0.25, -0.2) is 4.39 Å². The molecule has 1 amide bonds. The van der Waals surface area contributed by atoms with E-state index in [1.165, 1.54) is 6.07 Å². The van der Waals surface area contributed by atoms with Crippen LogP contribution in [-0.2, 0) is 10.2 Å². The molecule has 3 rings (SSSR count). The number of aliphatic imine (C=N–C) groups is 1. The van der Waals surface area contributed by atoms with E-state index in [0.29, 0.717) is 6.04 Å². The molecule has 1 aromatic carbocycles. The lowest BCUT2D eigenvalue weighted by atomic mass is 9.96. The molecule has 1 aromatic rings. The van der Waals surface area contributed by atoms with E-state index in [4.69, 9.17) is 0 Å². The fraction of sp³-hybridized carbons (Fsp3) is 0.619. The van der Waals surface area contributed by atoms with Crippen molar-refractivity contribution in [2.75, 3.05) is 26.7 Å². The maximum atomic E-state index is 13.6. The van der Waals surface area contributed by atoms with Gasteiger partial charge in [0, 0.05) is 44.1 Å². The fourth-order valence-electron chi connectivity index (χ4n) is 3.79. The first-order valence-electron chi connectivity index (χ1n) is 9.95. The Morgan fingerprint density at radius 3 is 2.59 bits per heavy atom. The summed E-state index contributed by atoms with van der Waals surface area (Å²) in [6, 6.07) is 7.24. The summed E-state index contributed by atoms with van der Waals surface area (Å²) in [6.45, 7) is 6.23. The molecule has 1 heterocycles. The number of carbonyl (C=O) groups is 1. The summed E-state index contributed by atoms with van der Waals surface area (Å²) in [5.74, 6) is 0.901. The van der Waals surface area contributed by atoms with Crippen LogP contribution in [0, 0.1) is 11.7 Å². The van der Waals surface area contributed by atoms with Gasteiger partial charge in [0.05, 0.1) is 0 Å². The standard InChI is InChI=1S/C21H31FN4O/c1-15(2)19(27)26-11-7-18(8-12-26)25-20(23-3)24-14-21(9-10-21)16-5-4-6-17(22)13-16/h4-6,13,15,18H,7-12,14H2,1-3H3,(H2,23,24,25). The minimum atomic E-state index is -0.177. The molecule has 0 bridgehead atoms. The third-order valence-electron chi connectivity index (χ3n) is 5.75. The third-order valence-corrected chi connectivity index (χ3v) is 5.75. The summed E-state index contributed by atoms with van der Waals surface area (Å²) in [5.41, 5.74) is 1.08. The average molecular weight is 375 g/mol. The summed E-state index contributed by atoms with van der Waals surface area (Å²) < 4.78 is 13.6. The monoisotopic (exact) mass is 374 g/mol. The second-order valence-corrected chi connectivity index (χ2v) is 8.12. The highest BCUT2D eigenvalue weighted by Gasteiger charge is 2.44. The Morgan fingerprint density at radius 1 is 1.33 bits per heavy atom. The molecule has 2 fully saturated rings. The molecular formula is C21H31FN4O. The Kier molecular flexibility index (Phi) is 6.02. The van der Waals surface area contributed by atoms with Gasteiger partial charge in [-0.3, -0.25) is 9.79 Å². The number of carbonyl (C=O) groups excluding carboxylic acids is 1. The highest BCUT2D eigenvalue weighted by Crippen LogP contribution is 2.47. The highest BCUT2D eigenvalue weighted by molar-refractivity contribution is 5.80. The predicted octanol–water partition coefficient (Wildman–Crippen LogP) is 2.67. The third kappa shape index (κ3) is 4.79. The van der Waals surface area contributed by atoms with Crippen molar-refractivity contribution in [2.24, 2.45) is 10.9 Å². The van der Waals surface area contributed by atoms with Crippen LogP contribution in [0.5, 0.6) is 0 Å². The molecule has 0 radical (unpaired) electrons. The Morgan fingerprint density at radius 2 is 2.04 bits per heavy atom. The number of rotatable bonds is 5. The summed E-state index contributed by atoms with van der Waals surface area (Å²) >= 11 is 0. The van der Waals surface area contributed by atoms with Gasteiger partial charge in [0.25, 0.3) is 0 Å². The van der Waals surface area contributed by atoms with Gasteiger partial charge in [-0.2, -0.15) is 0 Å². The normalized spacial score (nSPS) is 19.9. The molecule has 148 valence electrons. The molecule has 1 saturated heterocycles. The van der Waals surface area contributed by atoms with Crippen LogP contribution in [0.4, 0.5) is 4.39 Å². The second-order valence-electron chi connectivity index (χ2n) is 8.12. The molecule has 0 atom stereocenters. The molecule has 0 unspecified atom stereocenters. The molecule has 0 aromatic heterocycles. The number of amides is 1. The largest absolute Gasteiger partial charge is 0.356 e. The molecule has 0 spiro atoms. The number of nitrogens with zero attached hydrogens (tertiary/aromatic N) is 2. The van der Waals surface area contributed by atoms with E-state index < -0.39 is 0 Å². The zero-order chi connectivity index (χ0) is 19.4. The first-order valence-corrected chi connectivity index (χ1v) is 9.95. The molecular weight excluding hydrogens is 343 g/mol. The van der Waals surface area contributed by atoms with Gasteiger partial charge in [-0.1, -0.05) is 26.0 Å². The van der Waals surface area contributed by atoms with Crippen molar-refractivity contribution in [3.63, 3.8) is 0 Å². The van der Waals surface area contributed by atoms with Gasteiger partial charge in [0.1, 0.15) is 5.82 Å². The van der Waals surface area contributed by atoms with Crippen LogP contribution in [0.25, 0.3) is 0 Å². The molecule has 6 heteroatoms. The van der Waals surface area contributed by atoms with Gasteiger partial charge >= 0.3 is 0 Å². The van der Waals surface area contributed by atoms with Crippen molar-refractivity contribution in [1.29, 1.82) is 0 Å². The molecule has 1 aliphatic heterocycles. The maximum Gasteiger partial charge on any atom is 0.225 e. The molecule has 5 nitrogen and oxygen atoms in total. The molecule has 1 saturated carbocycles. The molecule has 2 N–H and O–H groups in total.